The molecule has 1 aromatic carbocycles. The zero-order chi connectivity index (χ0) is 15.7. The normalized spacial score (nSPS) is 24.6. The Kier molecular flexibility index (Phi) is 3.77. The molecular formula is C17H22N2O4. The Bertz CT molecular complexity index is 598. The van der Waals surface area contributed by atoms with Gasteiger partial charge < -0.3 is 24.8 Å². The first-order valence-electron chi connectivity index (χ1n) is 8.34. The molecular weight excluding hydrogens is 296 g/mol. The molecule has 2 amide bonds. The van der Waals surface area contributed by atoms with Gasteiger partial charge in [0.05, 0.1) is 18.2 Å². The van der Waals surface area contributed by atoms with E-state index in [1.54, 1.807) is 18.2 Å². The van der Waals surface area contributed by atoms with Crippen LogP contribution in [0.4, 0.5) is 10.5 Å². The van der Waals surface area contributed by atoms with Gasteiger partial charge in [-0.15, -0.1) is 0 Å². The summed E-state index contributed by atoms with van der Waals surface area (Å²) in [5.74, 6) is 1.37. The number of rotatable bonds is 2. The van der Waals surface area contributed by atoms with Crippen molar-refractivity contribution in [2.45, 2.75) is 50.2 Å². The van der Waals surface area contributed by atoms with Crippen LogP contribution in [0.2, 0.25) is 0 Å². The molecule has 1 atom stereocenters. The van der Waals surface area contributed by atoms with Crippen LogP contribution >= 0.6 is 0 Å². The number of nitrogens with one attached hydrogen (secondary N) is 2. The summed E-state index contributed by atoms with van der Waals surface area (Å²) in [7, 11) is 0. The van der Waals surface area contributed by atoms with Crippen LogP contribution in [0.25, 0.3) is 0 Å². The zero-order valence-corrected chi connectivity index (χ0v) is 13.1. The average Bonchev–Trinajstić information content (AvgIpc) is 3.15. The first-order chi connectivity index (χ1) is 11.2. The van der Waals surface area contributed by atoms with Gasteiger partial charge in [-0.05, 0) is 31.4 Å². The molecule has 1 aliphatic carbocycles. The minimum absolute atomic E-state index is 0.00887. The van der Waals surface area contributed by atoms with Gasteiger partial charge >= 0.3 is 6.03 Å². The van der Waals surface area contributed by atoms with E-state index >= 15 is 0 Å². The lowest BCUT2D eigenvalue weighted by Crippen LogP contribution is -2.39. The van der Waals surface area contributed by atoms with E-state index in [-0.39, 0.29) is 24.5 Å². The summed E-state index contributed by atoms with van der Waals surface area (Å²) in [6, 6.07) is 5.26. The van der Waals surface area contributed by atoms with Crippen molar-refractivity contribution in [2.24, 2.45) is 0 Å². The van der Waals surface area contributed by atoms with E-state index in [0.29, 0.717) is 23.8 Å². The standard InChI is InChI=1S/C17H22N2O4/c20-16(18-12-4-5-14-15(8-12)22-11-21-14)19-13-9-17(23-10-13)6-2-1-3-7-17/h4-5,8,13H,1-3,6-7,9-11H2,(H2,18,19,20). The summed E-state index contributed by atoms with van der Waals surface area (Å²) >= 11 is 0. The second kappa shape index (κ2) is 5.92. The fourth-order valence-corrected chi connectivity index (χ4v) is 3.81. The van der Waals surface area contributed by atoms with Gasteiger partial charge in [0.2, 0.25) is 6.79 Å². The van der Waals surface area contributed by atoms with Crippen molar-refractivity contribution in [1.29, 1.82) is 0 Å². The Morgan fingerprint density at radius 3 is 2.83 bits per heavy atom. The van der Waals surface area contributed by atoms with Crippen LogP contribution in [-0.4, -0.2) is 31.1 Å². The lowest BCUT2D eigenvalue weighted by molar-refractivity contribution is -0.0245. The van der Waals surface area contributed by atoms with Crippen molar-refractivity contribution in [2.75, 3.05) is 18.7 Å². The van der Waals surface area contributed by atoms with Crippen LogP contribution in [0.5, 0.6) is 11.5 Å². The SMILES string of the molecule is O=C(Nc1ccc2c(c1)OCO2)NC1COC2(CCCCC2)C1. The molecule has 1 saturated heterocycles. The van der Waals surface area contributed by atoms with Gasteiger partial charge in [-0.1, -0.05) is 19.3 Å². The first-order valence-corrected chi connectivity index (χ1v) is 8.34. The number of amides is 2. The van der Waals surface area contributed by atoms with E-state index in [9.17, 15) is 4.79 Å². The van der Waals surface area contributed by atoms with Crippen LogP contribution in [0.1, 0.15) is 38.5 Å². The van der Waals surface area contributed by atoms with Crippen LogP contribution in [-0.2, 0) is 4.74 Å². The average molecular weight is 318 g/mol. The van der Waals surface area contributed by atoms with E-state index in [0.717, 1.165) is 19.3 Å². The maximum atomic E-state index is 12.2. The summed E-state index contributed by atoms with van der Waals surface area (Å²) in [4.78, 5) is 12.2. The molecule has 1 aromatic rings. The number of fused-ring (bicyclic) bond motifs is 1. The second-order valence-electron chi connectivity index (χ2n) is 6.62. The summed E-state index contributed by atoms with van der Waals surface area (Å²) < 4.78 is 16.6. The predicted molar refractivity (Wildman–Crippen MR) is 84.9 cm³/mol. The molecule has 2 N–H and O–H groups in total. The molecule has 1 unspecified atom stereocenters. The van der Waals surface area contributed by atoms with E-state index < -0.39 is 0 Å². The van der Waals surface area contributed by atoms with Gasteiger partial charge in [-0.3, -0.25) is 0 Å². The Balaban J connectivity index is 1.32. The van der Waals surface area contributed by atoms with Crippen LogP contribution in [0.3, 0.4) is 0 Å². The van der Waals surface area contributed by atoms with Gasteiger partial charge in [-0.2, -0.15) is 0 Å². The molecule has 124 valence electrons. The summed E-state index contributed by atoms with van der Waals surface area (Å²) in [5, 5.41) is 5.87. The number of benzene rings is 1. The van der Waals surface area contributed by atoms with Crippen molar-refractivity contribution in [3.63, 3.8) is 0 Å². The quantitative estimate of drug-likeness (QED) is 0.879. The Hall–Kier alpha value is -1.95. The molecule has 6 nitrogen and oxygen atoms in total. The Morgan fingerprint density at radius 2 is 1.96 bits per heavy atom. The maximum Gasteiger partial charge on any atom is 0.319 e. The first kappa shape index (κ1) is 14.6. The Morgan fingerprint density at radius 1 is 1.13 bits per heavy atom. The summed E-state index contributed by atoms with van der Waals surface area (Å²) in [6.07, 6.45) is 6.92. The van der Waals surface area contributed by atoms with Crippen LogP contribution < -0.4 is 20.1 Å². The summed E-state index contributed by atoms with van der Waals surface area (Å²) in [6.45, 7) is 0.834. The van der Waals surface area contributed by atoms with Gasteiger partial charge in [0.25, 0.3) is 0 Å². The third-order valence-electron chi connectivity index (χ3n) is 4.94. The number of carbonyl (C=O) groups excluding carboxylic acids is 1. The van der Waals surface area contributed by atoms with Crippen molar-refractivity contribution in [3.8, 4) is 11.5 Å². The lowest BCUT2D eigenvalue weighted by atomic mass is 9.82. The predicted octanol–water partition coefficient (Wildman–Crippen LogP) is 3.03. The fraction of sp³-hybridized carbons (Fsp3) is 0.588. The van der Waals surface area contributed by atoms with Crippen molar-refractivity contribution in [3.05, 3.63) is 18.2 Å². The Labute approximate surface area is 135 Å². The molecule has 2 aliphatic heterocycles. The number of anilines is 1. The molecule has 6 heteroatoms. The smallest absolute Gasteiger partial charge is 0.319 e. The third-order valence-corrected chi connectivity index (χ3v) is 4.94. The van der Waals surface area contributed by atoms with E-state index in [1.807, 2.05) is 0 Å². The highest BCUT2D eigenvalue weighted by molar-refractivity contribution is 5.89. The molecule has 0 radical (unpaired) electrons. The van der Waals surface area contributed by atoms with Crippen molar-refractivity contribution < 1.29 is 19.0 Å². The van der Waals surface area contributed by atoms with E-state index in [4.69, 9.17) is 14.2 Å². The van der Waals surface area contributed by atoms with Gasteiger partial charge in [0.1, 0.15) is 0 Å². The molecule has 2 fully saturated rings. The topological polar surface area (TPSA) is 68.8 Å². The molecule has 3 aliphatic rings. The number of ether oxygens (including phenoxy) is 3. The number of carbonyl (C=O) groups is 1. The van der Waals surface area contributed by atoms with Crippen molar-refractivity contribution in [1.82, 2.24) is 5.32 Å². The van der Waals surface area contributed by atoms with Crippen LogP contribution in [0.15, 0.2) is 18.2 Å². The molecule has 4 rings (SSSR count). The molecule has 23 heavy (non-hydrogen) atoms. The fourth-order valence-electron chi connectivity index (χ4n) is 3.81. The molecule has 2 heterocycles. The van der Waals surface area contributed by atoms with Crippen molar-refractivity contribution >= 4 is 11.7 Å². The summed E-state index contributed by atoms with van der Waals surface area (Å²) in [5.41, 5.74) is 0.702. The highest BCUT2D eigenvalue weighted by atomic mass is 16.7. The molecule has 0 aromatic heterocycles. The lowest BCUT2D eigenvalue weighted by Gasteiger charge is -2.32. The van der Waals surface area contributed by atoms with Crippen LogP contribution in [0, 0.1) is 0 Å². The molecule has 0 bridgehead atoms. The number of hydrogen-bond acceptors (Lipinski definition) is 4. The largest absolute Gasteiger partial charge is 0.454 e. The van der Waals surface area contributed by atoms with E-state index in [1.165, 1.54) is 19.3 Å². The number of urea groups is 1. The maximum absolute atomic E-state index is 12.2. The van der Waals surface area contributed by atoms with Gasteiger partial charge in [0, 0.05) is 11.8 Å². The third kappa shape index (κ3) is 3.08. The highest BCUT2D eigenvalue weighted by Gasteiger charge is 2.41. The molecule has 1 spiro atoms. The highest BCUT2D eigenvalue weighted by Crippen LogP contribution is 2.39. The minimum atomic E-state index is -0.203. The minimum Gasteiger partial charge on any atom is -0.454 e. The van der Waals surface area contributed by atoms with Gasteiger partial charge in [0.15, 0.2) is 11.5 Å². The monoisotopic (exact) mass is 318 g/mol. The zero-order valence-electron chi connectivity index (χ0n) is 13.1. The molecule has 1 saturated carbocycles. The van der Waals surface area contributed by atoms with Gasteiger partial charge in [-0.25, -0.2) is 4.79 Å². The second-order valence-corrected chi connectivity index (χ2v) is 6.62. The van der Waals surface area contributed by atoms with E-state index in [2.05, 4.69) is 10.6 Å². The number of hydrogen-bond donors (Lipinski definition) is 2.